The number of rotatable bonds is 6. The highest BCUT2D eigenvalue weighted by Gasteiger charge is 2.11. The second kappa shape index (κ2) is 8.25. The van der Waals surface area contributed by atoms with E-state index in [1.807, 2.05) is 47.8 Å². The van der Waals surface area contributed by atoms with Crippen LogP contribution in [0.2, 0.25) is 0 Å². The summed E-state index contributed by atoms with van der Waals surface area (Å²) in [7, 11) is 0. The van der Waals surface area contributed by atoms with Crippen LogP contribution >= 0.6 is 11.3 Å². The summed E-state index contributed by atoms with van der Waals surface area (Å²) in [6.45, 7) is 0. The van der Waals surface area contributed by atoms with Crippen LogP contribution in [0.3, 0.4) is 0 Å². The number of H-pyrrole nitrogens is 1. The molecule has 3 rings (SSSR count). The quantitative estimate of drug-likeness (QED) is 0.595. The summed E-state index contributed by atoms with van der Waals surface area (Å²) in [4.78, 5) is 25.1. The summed E-state index contributed by atoms with van der Waals surface area (Å²) in [5.74, 6) is -0.644. The van der Waals surface area contributed by atoms with E-state index in [9.17, 15) is 9.59 Å². The molecule has 2 amide bonds. The normalized spacial score (nSPS) is 10.4. The Morgan fingerprint density at radius 2 is 1.92 bits per heavy atom. The lowest BCUT2D eigenvalue weighted by atomic mass is 10.1. The van der Waals surface area contributed by atoms with Gasteiger partial charge in [-0.2, -0.15) is 5.10 Å². The fourth-order valence-electron chi connectivity index (χ4n) is 2.33. The van der Waals surface area contributed by atoms with Crippen molar-refractivity contribution in [2.45, 2.75) is 19.3 Å². The number of amides is 2. The molecule has 0 saturated carbocycles. The van der Waals surface area contributed by atoms with Crippen molar-refractivity contribution in [3.63, 3.8) is 0 Å². The van der Waals surface area contributed by atoms with Gasteiger partial charge in [0.1, 0.15) is 5.69 Å². The maximum atomic E-state index is 12.1. The summed E-state index contributed by atoms with van der Waals surface area (Å²) < 4.78 is 0. The average molecular weight is 354 g/mol. The van der Waals surface area contributed by atoms with Gasteiger partial charge in [-0.15, -0.1) is 11.3 Å². The molecule has 6 nitrogen and oxygen atoms in total. The zero-order chi connectivity index (χ0) is 17.5. The van der Waals surface area contributed by atoms with E-state index in [0.717, 1.165) is 18.4 Å². The van der Waals surface area contributed by atoms with Gasteiger partial charge in [-0.05, 0) is 30.4 Å². The molecule has 7 heteroatoms. The first-order valence-corrected chi connectivity index (χ1v) is 8.83. The third kappa shape index (κ3) is 4.77. The molecule has 0 radical (unpaired) electrons. The second-order valence-corrected chi connectivity index (χ2v) is 6.50. The number of thiophene rings is 1. The van der Waals surface area contributed by atoms with Crippen LogP contribution in [-0.4, -0.2) is 22.0 Å². The maximum absolute atomic E-state index is 12.1. The van der Waals surface area contributed by atoms with E-state index < -0.39 is 5.91 Å². The van der Waals surface area contributed by atoms with Gasteiger partial charge in [0.15, 0.2) is 0 Å². The lowest BCUT2D eigenvalue weighted by molar-refractivity contribution is -0.121. The Kier molecular flexibility index (Phi) is 5.58. The standard InChI is InChI=1S/C18H18N4O2S/c23-17(10-4-8-14-9-5-11-25-14)21-22-18(24)16-12-15(19-20-16)13-6-2-1-3-7-13/h1-3,5-7,9,11-12H,4,8,10H2,(H,19,20)(H,21,23)(H,22,24). The van der Waals surface area contributed by atoms with Crippen LogP contribution in [0.15, 0.2) is 53.9 Å². The Morgan fingerprint density at radius 3 is 2.68 bits per heavy atom. The van der Waals surface area contributed by atoms with Crippen LogP contribution in [0.25, 0.3) is 11.3 Å². The van der Waals surface area contributed by atoms with Gasteiger partial charge in [-0.25, -0.2) is 0 Å². The first-order chi connectivity index (χ1) is 12.2. The number of benzene rings is 1. The van der Waals surface area contributed by atoms with Crippen molar-refractivity contribution < 1.29 is 9.59 Å². The van der Waals surface area contributed by atoms with Gasteiger partial charge in [0, 0.05) is 16.9 Å². The summed E-state index contributed by atoms with van der Waals surface area (Å²) >= 11 is 1.68. The van der Waals surface area contributed by atoms with Crippen molar-refractivity contribution in [3.05, 3.63) is 64.5 Å². The topological polar surface area (TPSA) is 86.9 Å². The van der Waals surface area contributed by atoms with Crippen LogP contribution in [0.1, 0.15) is 28.2 Å². The molecule has 3 aromatic rings. The summed E-state index contributed by atoms with van der Waals surface area (Å²) in [6, 6.07) is 15.2. The highest BCUT2D eigenvalue weighted by Crippen LogP contribution is 2.16. The van der Waals surface area contributed by atoms with Gasteiger partial charge in [0.05, 0.1) is 5.69 Å². The molecule has 0 aliphatic carbocycles. The van der Waals surface area contributed by atoms with E-state index in [1.165, 1.54) is 4.88 Å². The van der Waals surface area contributed by atoms with Crippen molar-refractivity contribution >= 4 is 23.2 Å². The minimum atomic E-state index is -0.429. The monoisotopic (exact) mass is 354 g/mol. The molecular formula is C18H18N4O2S. The van der Waals surface area contributed by atoms with Crippen molar-refractivity contribution in [2.24, 2.45) is 0 Å². The zero-order valence-corrected chi connectivity index (χ0v) is 14.3. The van der Waals surface area contributed by atoms with E-state index >= 15 is 0 Å². The number of aromatic nitrogens is 2. The number of aryl methyl sites for hydroxylation is 1. The SMILES string of the molecule is O=C(CCCc1cccs1)NNC(=O)c1cc(-c2ccccc2)n[nH]1. The zero-order valence-electron chi connectivity index (χ0n) is 13.5. The van der Waals surface area contributed by atoms with Crippen molar-refractivity contribution in [2.75, 3.05) is 0 Å². The van der Waals surface area contributed by atoms with E-state index in [4.69, 9.17) is 0 Å². The first-order valence-electron chi connectivity index (χ1n) is 7.95. The molecule has 0 unspecified atom stereocenters. The Bertz CT molecular complexity index is 828. The van der Waals surface area contributed by atoms with E-state index in [2.05, 4.69) is 21.0 Å². The predicted octanol–water partition coefficient (Wildman–Crippen LogP) is 2.92. The number of aromatic amines is 1. The molecule has 0 atom stereocenters. The number of carbonyl (C=O) groups is 2. The number of nitrogens with zero attached hydrogens (tertiary/aromatic N) is 1. The highest BCUT2D eigenvalue weighted by atomic mass is 32.1. The van der Waals surface area contributed by atoms with Crippen molar-refractivity contribution in [1.29, 1.82) is 0 Å². The van der Waals surface area contributed by atoms with Gasteiger partial charge < -0.3 is 0 Å². The minimum absolute atomic E-state index is 0.215. The number of carbonyl (C=O) groups excluding carboxylic acids is 2. The fraction of sp³-hybridized carbons (Fsp3) is 0.167. The van der Waals surface area contributed by atoms with Gasteiger partial charge >= 0.3 is 0 Å². The molecule has 0 spiro atoms. The minimum Gasteiger partial charge on any atom is -0.273 e. The Hall–Kier alpha value is -2.93. The molecule has 0 bridgehead atoms. The molecule has 0 aliphatic rings. The predicted molar refractivity (Wildman–Crippen MR) is 96.9 cm³/mol. The van der Waals surface area contributed by atoms with Crippen LogP contribution in [-0.2, 0) is 11.2 Å². The fourth-order valence-corrected chi connectivity index (χ4v) is 3.08. The van der Waals surface area contributed by atoms with Gasteiger partial charge in [0.25, 0.3) is 5.91 Å². The Morgan fingerprint density at radius 1 is 1.08 bits per heavy atom. The lowest BCUT2D eigenvalue weighted by Gasteiger charge is -2.05. The number of hydrogen-bond acceptors (Lipinski definition) is 4. The van der Waals surface area contributed by atoms with E-state index in [-0.39, 0.29) is 11.6 Å². The third-order valence-corrected chi connectivity index (χ3v) is 4.55. The maximum Gasteiger partial charge on any atom is 0.287 e. The molecule has 128 valence electrons. The Balaban J connectivity index is 1.44. The lowest BCUT2D eigenvalue weighted by Crippen LogP contribution is -2.41. The van der Waals surface area contributed by atoms with Crippen LogP contribution < -0.4 is 10.9 Å². The highest BCUT2D eigenvalue weighted by molar-refractivity contribution is 7.09. The van der Waals surface area contributed by atoms with E-state index in [1.54, 1.807) is 17.4 Å². The van der Waals surface area contributed by atoms with Gasteiger partial charge in [-0.1, -0.05) is 36.4 Å². The van der Waals surface area contributed by atoms with Gasteiger partial charge in [0.2, 0.25) is 5.91 Å². The Labute approximate surface area is 149 Å². The molecule has 0 saturated heterocycles. The molecular weight excluding hydrogens is 336 g/mol. The molecule has 2 aromatic heterocycles. The third-order valence-electron chi connectivity index (χ3n) is 3.61. The summed E-state index contributed by atoms with van der Waals surface area (Å²) in [6.07, 6.45) is 1.96. The van der Waals surface area contributed by atoms with Crippen LogP contribution in [0, 0.1) is 0 Å². The van der Waals surface area contributed by atoms with Crippen LogP contribution in [0.5, 0.6) is 0 Å². The molecule has 0 aliphatic heterocycles. The largest absolute Gasteiger partial charge is 0.287 e. The first kappa shape index (κ1) is 16.9. The smallest absolute Gasteiger partial charge is 0.273 e. The van der Waals surface area contributed by atoms with Crippen molar-refractivity contribution in [1.82, 2.24) is 21.0 Å². The molecule has 25 heavy (non-hydrogen) atoms. The van der Waals surface area contributed by atoms with Crippen molar-refractivity contribution in [3.8, 4) is 11.3 Å². The number of nitrogens with one attached hydrogen (secondary N) is 3. The average Bonchev–Trinajstić information content (AvgIpc) is 3.32. The number of hydrogen-bond donors (Lipinski definition) is 3. The van der Waals surface area contributed by atoms with Gasteiger partial charge in [-0.3, -0.25) is 25.5 Å². The van der Waals surface area contributed by atoms with Crippen LogP contribution in [0.4, 0.5) is 0 Å². The molecule has 1 aromatic carbocycles. The summed E-state index contributed by atoms with van der Waals surface area (Å²) in [5, 5.41) is 8.81. The molecule has 3 N–H and O–H groups in total. The molecule has 0 fully saturated rings. The number of hydrazine groups is 1. The second-order valence-electron chi connectivity index (χ2n) is 5.47. The summed E-state index contributed by atoms with van der Waals surface area (Å²) in [5.41, 5.74) is 6.70. The molecule has 2 heterocycles. The van der Waals surface area contributed by atoms with E-state index in [0.29, 0.717) is 12.1 Å².